The van der Waals surface area contributed by atoms with E-state index in [-0.39, 0.29) is 5.60 Å². The number of anilines is 1. The van der Waals surface area contributed by atoms with Crippen molar-refractivity contribution >= 4 is 17.3 Å². The Hall–Kier alpha value is -0.930. The number of ether oxygens (including phenoxy) is 2. The van der Waals surface area contributed by atoms with Gasteiger partial charge in [-0.25, -0.2) is 0 Å². The van der Waals surface area contributed by atoms with Crippen LogP contribution in [0.5, 0.6) is 5.75 Å². The van der Waals surface area contributed by atoms with Gasteiger partial charge in [0.05, 0.1) is 17.7 Å². The zero-order chi connectivity index (χ0) is 13.2. The molecule has 1 N–H and O–H groups in total. The Morgan fingerprint density at radius 2 is 2.22 bits per heavy atom. The first-order valence-corrected chi connectivity index (χ1v) is 6.62. The molecule has 4 heteroatoms. The molecule has 1 aromatic carbocycles. The van der Waals surface area contributed by atoms with Crippen LogP contribution < -0.4 is 10.1 Å². The Bertz CT molecular complexity index is 420. The Morgan fingerprint density at radius 3 is 2.89 bits per heavy atom. The molecule has 0 bridgehead atoms. The van der Waals surface area contributed by atoms with Gasteiger partial charge in [0.2, 0.25) is 0 Å². The van der Waals surface area contributed by atoms with Crippen LogP contribution in [0.1, 0.15) is 26.7 Å². The molecule has 0 radical (unpaired) electrons. The van der Waals surface area contributed by atoms with Crippen LogP contribution in [0, 0.1) is 0 Å². The van der Waals surface area contributed by atoms with Gasteiger partial charge in [-0.3, -0.25) is 0 Å². The van der Waals surface area contributed by atoms with E-state index in [0.29, 0.717) is 16.8 Å². The predicted octanol–water partition coefficient (Wildman–Crippen LogP) is 3.72. The van der Waals surface area contributed by atoms with Crippen molar-refractivity contribution in [3.8, 4) is 5.75 Å². The molecule has 0 spiro atoms. The van der Waals surface area contributed by atoms with E-state index in [1.54, 1.807) is 7.11 Å². The quantitative estimate of drug-likeness (QED) is 0.907. The van der Waals surface area contributed by atoms with Crippen LogP contribution >= 0.6 is 11.6 Å². The summed E-state index contributed by atoms with van der Waals surface area (Å²) in [5.74, 6) is 0.702. The van der Waals surface area contributed by atoms with E-state index in [2.05, 4.69) is 19.2 Å². The van der Waals surface area contributed by atoms with Gasteiger partial charge in [0.1, 0.15) is 5.75 Å². The average Bonchev–Trinajstić information content (AvgIpc) is 2.30. The van der Waals surface area contributed by atoms with E-state index >= 15 is 0 Å². The van der Waals surface area contributed by atoms with Crippen molar-refractivity contribution in [3.63, 3.8) is 0 Å². The second-order valence-electron chi connectivity index (χ2n) is 5.29. The van der Waals surface area contributed by atoms with Crippen molar-refractivity contribution in [2.45, 2.75) is 38.3 Å². The molecule has 1 unspecified atom stereocenters. The van der Waals surface area contributed by atoms with Crippen molar-refractivity contribution in [1.82, 2.24) is 0 Å². The summed E-state index contributed by atoms with van der Waals surface area (Å²) in [5, 5.41) is 4.15. The Kier molecular flexibility index (Phi) is 4.03. The van der Waals surface area contributed by atoms with E-state index < -0.39 is 0 Å². The maximum Gasteiger partial charge on any atom is 0.139 e. The fourth-order valence-electron chi connectivity index (χ4n) is 2.34. The molecule has 100 valence electrons. The lowest BCUT2D eigenvalue weighted by molar-refractivity contribution is -0.0553. The van der Waals surface area contributed by atoms with Gasteiger partial charge < -0.3 is 14.8 Å². The summed E-state index contributed by atoms with van der Waals surface area (Å²) in [7, 11) is 1.63. The highest BCUT2D eigenvalue weighted by Crippen LogP contribution is 2.30. The van der Waals surface area contributed by atoms with Crippen molar-refractivity contribution < 1.29 is 9.47 Å². The maximum absolute atomic E-state index is 6.01. The summed E-state index contributed by atoms with van der Waals surface area (Å²) < 4.78 is 10.9. The zero-order valence-corrected chi connectivity index (χ0v) is 11.9. The third-order valence-corrected chi connectivity index (χ3v) is 3.53. The second kappa shape index (κ2) is 5.37. The number of hydrogen-bond donors (Lipinski definition) is 1. The van der Waals surface area contributed by atoms with Crippen LogP contribution in [0.4, 0.5) is 5.69 Å². The summed E-state index contributed by atoms with van der Waals surface area (Å²) in [6.07, 6.45) is 2.02. The van der Waals surface area contributed by atoms with E-state index in [9.17, 15) is 0 Å². The van der Waals surface area contributed by atoms with Gasteiger partial charge >= 0.3 is 0 Å². The Labute approximate surface area is 113 Å². The Morgan fingerprint density at radius 1 is 1.44 bits per heavy atom. The molecule has 3 nitrogen and oxygen atoms in total. The number of nitrogens with one attached hydrogen (secondary N) is 1. The molecule has 1 aromatic rings. The lowest BCUT2D eigenvalue weighted by Gasteiger charge is -2.36. The minimum absolute atomic E-state index is 0.0492. The number of rotatable bonds is 3. The molecular weight excluding hydrogens is 250 g/mol. The van der Waals surface area contributed by atoms with E-state index in [4.69, 9.17) is 21.1 Å². The maximum atomic E-state index is 6.01. The molecular formula is C14H20ClNO2. The normalized spacial score (nSPS) is 22.6. The topological polar surface area (TPSA) is 30.5 Å². The molecule has 1 atom stereocenters. The van der Waals surface area contributed by atoms with Crippen LogP contribution in [-0.4, -0.2) is 25.4 Å². The van der Waals surface area contributed by atoms with Crippen LogP contribution in [0.15, 0.2) is 18.2 Å². The Balaban J connectivity index is 2.05. The molecule has 1 saturated heterocycles. The molecule has 0 saturated carbocycles. The molecule has 1 aliphatic heterocycles. The first kappa shape index (κ1) is 13.5. The van der Waals surface area contributed by atoms with Crippen LogP contribution in [0.2, 0.25) is 5.02 Å². The molecule has 1 aliphatic rings. The van der Waals surface area contributed by atoms with Crippen LogP contribution in [0.25, 0.3) is 0 Å². The van der Waals surface area contributed by atoms with Gasteiger partial charge in [-0.2, -0.15) is 0 Å². The minimum Gasteiger partial charge on any atom is -0.495 e. The summed E-state index contributed by atoms with van der Waals surface area (Å²) in [6.45, 7) is 5.06. The summed E-state index contributed by atoms with van der Waals surface area (Å²) in [5.41, 5.74) is 0.992. The molecule has 1 fully saturated rings. The monoisotopic (exact) mass is 269 g/mol. The van der Waals surface area contributed by atoms with Gasteiger partial charge in [-0.1, -0.05) is 11.6 Å². The van der Waals surface area contributed by atoms with Gasteiger partial charge in [0, 0.05) is 24.4 Å². The highest BCUT2D eigenvalue weighted by molar-refractivity contribution is 6.32. The lowest BCUT2D eigenvalue weighted by Crippen LogP contribution is -2.40. The molecule has 0 aromatic heterocycles. The first-order valence-electron chi connectivity index (χ1n) is 6.24. The van der Waals surface area contributed by atoms with Crippen molar-refractivity contribution in [3.05, 3.63) is 23.2 Å². The van der Waals surface area contributed by atoms with Gasteiger partial charge in [-0.15, -0.1) is 0 Å². The van der Waals surface area contributed by atoms with E-state index in [0.717, 1.165) is 25.1 Å². The number of halogens is 1. The molecule has 18 heavy (non-hydrogen) atoms. The third kappa shape index (κ3) is 3.30. The fraction of sp³-hybridized carbons (Fsp3) is 0.571. The highest BCUT2D eigenvalue weighted by Gasteiger charge is 2.28. The van der Waals surface area contributed by atoms with Crippen LogP contribution in [0.3, 0.4) is 0 Å². The average molecular weight is 270 g/mol. The smallest absolute Gasteiger partial charge is 0.139 e. The van der Waals surface area contributed by atoms with Crippen molar-refractivity contribution in [1.29, 1.82) is 0 Å². The summed E-state index contributed by atoms with van der Waals surface area (Å²) in [6, 6.07) is 6.20. The molecule has 0 amide bonds. The highest BCUT2D eigenvalue weighted by atomic mass is 35.5. The third-order valence-electron chi connectivity index (χ3n) is 3.22. The largest absolute Gasteiger partial charge is 0.495 e. The zero-order valence-electron chi connectivity index (χ0n) is 11.1. The minimum atomic E-state index is -0.0492. The number of methoxy groups -OCH3 is 1. The summed E-state index contributed by atoms with van der Waals surface area (Å²) >= 11 is 6.01. The van der Waals surface area contributed by atoms with Gasteiger partial charge in [0.15, 0.2) is 0 Å². The van der Waals surface area contributed by atoms with E-state index in [1.165, 1.54) is 0 Å². The predicted molar refractivity (Wildman–Crippen MR) is 74.7 cm³/mol. The second-order valence-corrected chi connectivity index (χ2v) is 5.70. The van der Waals surface area contributed by atoms with E-state index in [1.807, 2.05) is 18.2 Å². The first-order chi connectivity index (χ1) is 8.50. The van der Waals surface area contributed by atoms with Crippen molar-refractivity contribution in [2.24, 2.45) is 0 Å². The van der Waals surface area contributed by atoms with Crippen molar-refractivity contribution in [2.75, 3.05) is 19.0 Å². The van der Waals surface area contributed by atoms with Gasteiger partial charge in [0.25, 0.3) is 0 Å². The lowest BCUT2D eigenvalue weighted by atomic mass is 9.94. The molecule has 0 aliphatic carbocycles. The number of benzene rings is 1. The van der Waals surface area contributed by atoms with Gasteiger partial charge in [-0.05, 0) is 38.8 Å². The standard InChI is InChI=1S/C14H20ClNO2/c1-14(2)9-11(6-7-18-14)16-10-4-5-12(15)13(8-10)17-3/h4-5,8,11,16H,6-7,9H2,1-3H3. The fourth-order valence-corrected chi connectivity index (χ4v) is 2.54. The summed E-state index contributed by atoms with van der Waals surface area (Å²) in [4.78, 5) is 0. The molecule has 1 heterocycles. The molecule has 2 rings (SSSR count). The SMILES string of the molecule is COc1cc(NC2CCOC(C)(C)C2)ccc1Cl. The van der Waals surface area contributed by atoms with Crippen LogP contribution in [-0.2, 0) is 4.74 Å². The number of hydrogen-bond acceptors (Lipinski definition) is 3.